The lowest BCUT2D eigenvalue weighted by Gasteiger charge is -1.93. The number of benzene rings is 1. The van der Waals surface area contributed by atoms with Crippen LogP contribution < -0.4 is 5.32 Å². The van der Waals surface area contributed by atoms with E-state index in [4.69, 9.17) is 27.7 Å². The molecule has 6 nitrogen and oxygen atoms in total. The molecule has 0 bridgehead atoms. The number of imidazole rings is 1. The fourth-order valence-corrected chi connectivity index (χ4v) is 2.17. The van der Waals surface area contributed by atoms with Gasteiger partial charge in [-0.05, 0) is 25.1 Å². The lowest BCUT2D eigenvalue weighted by atomic mass is 10.3. The molecule has 0 unspecified atom stereocenters. The first kappa shape index (κ1) is 14.6. The van der Waals surface area contributed by atoms with Crippen molar-refractivity contribution in [3.63, 3.8) is 0 Å². The molecule has 2 aromatic heterocycles. The van der Waals surface area contributed by atoms with Crippen molar-refractivity contribution >= 4 is 52.0 Å². The maximum Gasteiger partial charge on any atom is 0.249 e. The van der Waals surface area contributed by atoms with E-state index in [-0.39, 0.29) is 5.91 Å². The number of hydrogen-bond donors (Lipinski definition) is 2. The average Bonchev–Trinajstić information content (AvgIpc) is 3.03. The minimum Gasteiger partial charge on any atom is -0.360 e. The van der Waals surface area contributed by atoms with Crippen LogP contribution in [0.5, 0.6) is 0 Å². The second-order valence-corrected chi connectivity index (χ2v) is 5.37. The molecule has 1 aromatic carbocycles. The highest BCUT2D eigenvalue weighted by Gasteiger charge is 2.06. The van der Waals surface area contributed by atoms with Gasteiger partial charge in [0.1, 0.15) is 11.6 Å². The van der Waals surface area contributed by atoms with Gasteiger partial charge in [0.15, 0.2) is 5.82 Å². The Morgan fingerprint density at radius 1 is 1.32 bits per heavy atom. The molecule has 0 spiro atoms. The lowest BCUT2D eigenvalue weighted by molar-refractivity contribution is -0.111. The molecule has 0 saturated heterocycles. The number of aromatic nitrogens is 3. The fraction of sp³-hybridized carbons (Fsp3) is 0.0714. The number of H-pyrrole nitrogens is 1. The van der Waals surface area contributed by atoms with E-state index in [1.807, 2.05) is 0 Å². The predicted octanol–water partition coefficient (Wildman–Crippen LogP) is 3.82. The quantitative estimate of drug-likeness (QED) is 0.712. The molecule has 0 atom stereocenters. The Kier molecular flexibility index (Phi) is 3.87. The number of nitrogens with one attached hydrogen (secondary N) is 2. The Hall–Kier alpha value is -2.31. The van der Waals surface area contributed by atoms with Crippen molar-refractivity contribution in [1.29, 1.82) is 0 Å². The number of aryl methyl sites for hydroxylation is 1. The first-order valence-corrected chi connectivity index (χ1v) is 7.04. The van der Waals surface area contributed by atoms with Crippen LogP contribution in [-0.2, 0) is 4.79 Å². The molecule has 2 heterocycles. The fourth-order valence-electron chi connectivity index (χ4n) is 1.85. The van der Waals surface area contributed by atoms with Crippen LogP contribution in [0.25, 0.3) is 17.1 Å². The topological polar surface area (TPSA) is 83.8 Å². The average molecular weight is 337 g/mol. The van der Waals surface area contributed by atoms with E-state index >= 15 is 0 Å². The molecular weight excluding hydrogens is 327 g/mol. The summed E-state index contributed by atoms with van der Waals surface area (Å²) in [6.07, 6.45) is 2.88. The minimum absolute atomic E-state index is 0.343. The van der Waals surface area contributed by atoms with Gasteiger partial charge in [0.2, 0.25) is 5.91 Å². The molecule has 3 aromatic rings. The third kappa shape index (κ3) is 3.13. The summed E-state index contributed by atoms with van der Waals surface area (Å²) < 4.78 is 4.86. The molecule has 0 aliphatic heterocycles. The molecule has 8 heteroatoms. The van der Waals surface area contributed by atoms with Gasteiger partial charge in [-0.15, -0.1) is 0 Å². The van der Waals surface area contributed by atoms with Crippen molar-refractivity contribution < 1.29 is 9.32 Å². The maximum atomic E-state index is 11.8. The number of hydrogen-bond acceptors (Lipinski definition) is 4. The number of halogens is 2. The summed E-state index contributed by atoms with van der Waals surface area (Å²) >= 11 is 11.9. The second-order valence-electron chi connectivity index (χ2n) is 4.55. The zero-order valence-electron chi connectivity index (χ0n) is 11.4. The van der Waals surface area contributed by atoms with Crippen LogP contribution in [0.3, 0.4) is 0 Å². The number of fused-ring (bicyclic) bond motifs is 1. The summed E-state index contributed by atoms with van der Waals surface area (Å²) in [6, 6.07) is 4.96. The van der Waals surface area contributed by atoms with E-state index in [1.165, 1.54) is 6.08 Å². The van der Waals surface area contributed by atoms with Crippen molar-refractivity contribution in [1.82, 2.24) is 15.1 Å². The molecule has 1 amide bonds. The molecule has 0 aliphatic rings. The number of aromatic amines is 1. The predicted molar refractivity (Wildman–Crippen MR) is 85.0 cm³/mol. The molecule has 22 heavy (non-hydrogen) atoms. The van der Waals surface area contributed by atoms with Gasteiger partial charge in [0.25, 0.3) is 0 Å². The van der Waals surface area contributed by atoms with E-state index in [2.05, 4.69) is 20.4 Å². The molecule has 0 aliphatic carbocycles. The van der Waals surface area contributed by atoms with E-state index in [0.717, 1.165) is 5.52 Å². The highest BCUT2D eigenvalue weighted by atomic mass is 35.5. The number of amides is 1. The SMILES string of the molecule is Cc1cc(NC(=O)/C=C\c2nc3cc(Cl)c(Cl)cc3[nH]2)no1. The molecule has 3 rings (SSSR count). The number of carbonyl (C=O) groups is 1. The molecule has 2 N–H and O–H groups in total. The van der Waals surface area contributed by atoms with Gasteiger partial charge in [-0.2, -0.15) is 0 Å². The summed E-state index contributed by atoms with van der Waals surface area (Å²) in [5.41, 5.74) is 1.41. The van der Waals surface area contributed by atoms with Crippen LogP contribution in [0.2, 0.25) is 10.0 Å². The van der Waals surface area contributed by atoms with E-state index in [1.54, 1.807) is 31.2 Å². The van der Waals surface area contributed by atoms with Crippen molar-refractivity contribution in [3.8, 4) is 0 Å². The second kappa shape index (κ2) is 5.82. The Morgan fingerprint density at radius 3 is 2.82 bits per heavy atom. The van der Waals surface area contributed by atoms with E-state index in [0.29, 0.717) is 33.0 Å². The summed E-state index contributed by atoms with van der Waals surface area (Å²) in [5.74, 6) is 1.14. The number of carbonyl (C=O) groups excluding carboxylic acids is 1. The summed E-state index contributed by atoms with van der Waals surface area (Å²) in [6.45, 7) is 1.74. The van der Waals surface area contributed by atoms with Gasteiger partial charge in [0.05, 0.1) is 21.1 Å². The Morgan fingerprint density at radius 2 is 2.09 bits per heavy atom. The van der Waals surface area contributed by atoms with Crippen LogP contribution in [-0.4, -0.2) is 21.0 Å². The third-order valence-corrected chi connectivity index (χ3v) is 3.54. The van der Waals surface area contributed by atoms with Crippen LogP contribution in [0.15, 0.2) is 28.8 Å². The normalized spacial score (nSPS) is 11.4. The lowest BCUT2D eigenvalue weighted by Crippen LogP contribution is -2.07. The van der Waals surface area contributed by atoms with Crippen molar-refractivity contribution in [2.75, 3.05) is 5.32 Å². The Bertz CT molecular complexity index is 843. The highest BCUT2D eigenvalue weighted by molar-refractivity contribution is 6.42. The molecule has 112 valence electrons. The summed E-state index contributed by atoms with van der Waals surface area (Å²) in [7, 11) is 0. The third-order valence-electron chi connectivity index (χ3n) is 2.81. The first-order chi connectivity index (χ1) is 10.5. The minimum atomic E-state index is -0.343. The summed E-state index contributed by atoms with van der Waals surface area (Å²) in [5, 5.41) is 7.11. The molecular formula is C14H10Cl2N4O2. The van der Waals surface area contributed by atoms with Gasteiger partial charge in [-0.25, -0.2) is 4.98 Å². The first-order valence-electron chi connectivity index (χ1n) is 6.28. The smallest absolute Gasteiger partial charge is 0.249 e. The molecule has 0 radical (unpaired) electrons. The number of rotatable bonds is 3. The Balaban J connectivity index is 1.76. The van der Waals surface area contributed by atoms with E-state index in [9.17, 15) is 4.79 Å². The zero-order valence-corrected chi connectivity index (χ0v) is 12.9. The van der Waals surface area contributed by atoms with Gasteiger partial charge in [-0.3, -0.25) is 4.79 Å². The van der Waals surface area contributed by atoms with Crippen molar-refractivity contribution in [2.45, 2.75) is 6.92 Å². The standard InChI is InChI=1S/C14H10Cl2N4O2/c1-7-4-13(20-22-7)19-14(21)3-2-12-17-10-5-8(15)9(16)6-11(10)18-12/h2-6H,1H3,(H,17,18)(H,19,20,21)/b3-2-. The van der Waals surface area contributed by atoms with Crippen LogP contribution >= 0.6 is 23.2 Å². The van der Waals surface area contributed by atoms with Crippen molar-refractivity contribution in [2.24, 2.45) is 0 Å². The van der Waals surface area contributed by atoms with Gasteiger partial charge in [-0.1, -0.05) is 28.4 Å². The maximum absolute atomic E-state index is 11.8. The monoisotopic (exact) mass is 336 g/mol. The van der Waals surface area contributed by atoms with E-state index < -0.39 is 0 Å². The summed E-state index contributed by atoms with van der Waals surface area (Å²) in [4.78, 5) is 19.1. The van der Waals surface area contributed by atoms with Crippen LogP contribution in [0.4, 0.5) is 5.82 Å². The van der Waals surface area contributed by atoms with Gasteiger partial charge >= 0.3 is 0 Å². The van der Waals surface area contributed by atoms with Crippen molar-refractivity contribution in [3.05, 3.63) is 45.9 Å². The number of anilines is 1. The van der Waals surface area contributed by atoms with Crippen LogP contribution in [0.1, 0.15) is 11.6 Å². The van der Waals surface area contributed by atoms with Crippen LogP contribution in [0, 0.1) is 6.92 Å². The Labute approximate surface area is 135 Å². The highest BCUT2D eigenvalue weighted by Crippen LogP contribution is 2.26. The largest absolute Gasteiger partial charge is 0.360 e. The van der Waals surface area contributed by atoms with Gasteiger partial charge in [0, 0.05) is 12.1 Å². The van der Waals surface area contributed by atoms with Gasteiger partial charge < -0.3 is 14.8 Å². The zero-order chi connectivity index (χ0) is 15.7. The molecule has 0 fully saturated rings. The molecule has 0 saturated carbocycles. The number of nitrogens with zero attached hydrogens (tertiary/aromatic N) is 2.